The molecule has 0 aliphatic carbocycles. The Morgan fingerprint density at radius 3 is 2.26 bits per heavy atom. The van der Waals surface area contributed by atoms with Crippen LogP contribution in [0.3, 0.4) is 0 Å². The zero-order chi connectivity index (χ0) is 16.9. The molecule has 0 aromatic heterocycles. The number of amides is 1. The summed E-state index contributed by atoms with van der Waals surface area (Å²) in [5, 5.41) is 2.50. The van der Waals surface area contributed by atoms with Crippen LogP contribution in [0.5, 0.6) is 0 Å². The molecule has 7 heteroatoms. The minimum absolute atomic E-state index is 0.114. The highest BCUT2D eigenvalue weighted by Crippen LogP contribution is 2.15. The molecule has 1 atom stereocenters. The monoisotopic (exact) mass is 396 g/mol. The Morgan fingerprint density at radius 2 is 1.70 bits per heavy atom. The predicted octanol–water partition coefficient (Wildman–Crippen LogP) is 2.08. The Bertz CT molecular complexity index is 762. The summed E-state index contributed by atoms with van der Waals surface area (Å²) in [4.78, 5) is 12.1. The molecule has 2 rings (SSSR count). The maximum Gasteiger partial charge on any atom is 0.241 e. The molecule has 122 valence electrons. The van der Waals surface area contributed by atoms with Crippen LogP contribution >= 0.6 is 15.9 Å². The van der Waals surface area contributed by atoms with E-state index < -0.39 is 16.1 Å². The number of halogens is 1. The second kappa shape index (κ2) is 7.72. The van der Waals surface area contributed by atoms with Crippen LogP contribution in [0.25, 0.3) is 0 Å². The van der Waals surface area contributed by atoms with Crippen LogP contribution in [-0.4, -0.2) is 27.4 Å². The smallest absolute Gasteiger partial charge is 0.241 e. The molecule has 0 aliphatic heterocycles. The largest absolute Gasteiger partial charge is 0.358 e. The molecule has 0 heterocycles. The Morgan fingerprint density at radius 1 is 1.09 bits per heavy atom. The number of nitrogens with one attached hydrogen (secondary N) is 2. The molecule has 0 spiro atoms. The summed E-state index contributed by atoms with van der Waals surface area (Å²) in [6, 6.07) is 14.6. The first-order valence-electron chi connectivity index (χ1n) is 6.96. The van der Waals surface area contributed by atoms with E-state index in [1.807, 2.05) is 30.3 Å². The second-order valence-electron chi connectivity index (χ2n) is 4.93. The molecule has 0 saturated carbocycles. The topological polar surface area (TPSA) is 75.3 Å². The van der Waals surface area contributed by atoms with E-state index in [9.17, 15) is 13.2 Å². The van der Waals surface area contributed by atoms with E-state index in [0.717, 1.165) is 10.0 Å². The zero-order valence-corrected chi connectivity index (χ0v) is 14.9. The predicted molar refractivity (Wildman–Crippen MR) is 92.5 cm³/mol. The van der Waals surface area contributed by atoms with Crippen LogP contribution in [-0.2, 0) is 21.2 Å². The molecule has 1 amide bonds. The van der Waals surface area contributed by atoms with Crippen molar-refractivity contribution in [3.8, 4) is 0 Å². The summed E-state index contributed by atoms with van der Waals surface area (Å²) in [6.45, 7) is 0. The highest BCUT2D eigenvalue weighted by molar-refractivity contribution is 9.10. The number of hydrogen-bond donors (Lipinski definition) is 2. The SMILES string of the molecule is CNC(=O)[C@H](Cc1ccccc1)NS(=O)(=O)c1ccc(Br)cc1. The second-order valence-corrected chi connectivity index (χ2v) is 7.56. The van der Waals surface area contributed by atoms with Gasteiger partial charge in [0.2, 0.25) is 15.9 Å². The summed E-state index contributed by atoms with van der Waals surface area (Å²) in [6.07, 6.45) is 0.274. The minimum atomic E-state index is -3.78. The fourth-order valence-corrected chi connectivity index (χ4v) is 3.54. The van der Waals surface area contributed by atoms with E-state index in [2.05, 4.69) is 26.0 Å². The maximum absolute atomic E-state index is 12.5. The fraction of sp³-hybridized carbons (Fsp3) is 0.188. The van der Waals surface area contributed by atoms with Crippen molar-refractivity contribution in [2.24, 2.45) is 0 Å². The Kier molecular flexibility index (Phi) is 5.92. The molecule has 0 radical (unpaired) electrons. The van der Waals surface area contributed by atoms with Gasteiger partial charge in [0.05, 0.1) is 4.90 Å². The van der Waals surface area contributed by atoms with E-state index in [1.54, 1.807) is 12.1 Å². The van der Waals surface area contributed by atoms with Crippen molar-refractivity contribution in [1.82, 2.24) is 10.0 Å². The number of likely N-dealkylation sites (N-methyl/N-ethyl adjacent to an activating group) is 1. The summed E-state index contributed by atoms with van der Waals surface area (Å²) in [5.74, 6) is -0.380. The lowest BCUT2D eigenvalue weighted by Crippen LogP contribution is -2.46. The van der Waals surface area contributed by atoms with Gasteiger partial charge in [0.15, 0.2) is 0 Å². The summed E-state index contributed by atoms with van der Waals surface area (Å²) >= 11 is 3.26. The lowest BCUT2D eigenvalue weighted by atomic mass is 10.1. The fourth-order valence-electron chi connectivity index (χ4n) is 2.08. The molecule has 2 aromatic carbocycles. The molecular formula is C16H17BrN2O3S. The van der Waals surface area contributed by atoms with Crippen molar-refractivity contribution in [3.63, 3.8) is 0 Å². The van der Waals surface area contributed by atoms with Crippen LogP contribution < -0.4 is 10.0 Å². The standard InChI is InChI=1S/C16H17BrN2O3S/c1-18-16(20)15(11-12-5-3-2-4-6-12)19-23(21,22)14-9-7-13(17)8-10-14/h2-10,15,19H,11H2,1H3,(H,18,20)/t15-/m0/s1. The maximum atomic E-state index is 12.5. The van der Waals surface area contributed by atoms with Gasteiger partial charge >= 0.3 is 0 Å². The van der Waals surface area contributed by atoms with Crippen LogP contribution in [0, 0.1) is 0 Å². The third-order valence-electron chi connectivity index (χ3n) is 3.27. The van der Waals surface area contributed by atoms with E-state index in [1.165, 1.54) is 19.2 Å². The van der Waals surface area contributed by atoms with E-state index >= 15 is 0 Å². The van der Waals surface area contributed by atoms with Crippen molar-refractivity contribution in [3.05, 3.63) is 64.6 Å². The number of benzene rings is 2. The van der Waals surface area contributed by atoms with Gasteiger partial charge in [-0.2, -0.15) is 4.72 Å². The number of carbonyl (C=O) groups excluding carboxylic acids is 1. The minimum Gasteiger partial charge on any atom is -0.358 e. The Balaban J connectivity index is 2.23. The first-order chi connectivity index (χ1) is 10.9. The highest BCUT2D eigenvalue weighted by atomic mass is 79.9. The van der Waals surface area contributed by atoms with Gasteiger partial charge in [0.1, 0.15) is 6.04 Å². The highest BCUT2D eigenvalue weighted by Gasteiger charge is 2.25. The van der Waals surface area contributed by atoms with Gasteiger partial charge in [-0.05, 0) is 36.2 Å². The molecule has 0 unspecified atom stereocenters. The quantitative estimate of drug-likeness (QED) is 0.784. The van der Waals surface area contributed by atoms with Crippen molar-refractivity contribution in [2.75, 3.05) is 7.05 Å². The molecule has 5 nitrogen and oxygen atoms in total. The van der Waals surface area contributed by atoms with Gasteiger partial charge < -0.3 is 5.32 Å². The van der Waals surface area contributed by atoms with Crippen molar-refractivity contribution < 1.29 is 13.2 Å². The van der Waals surface area contributed by atoms with Crippen LogP contribution in [0.1, 0.15) is 5.56 Å². The molecule has 0 aliphatic rings. The molecule has 0 fully saturated rings. The van der Waals surface area contributed by atoms with E-state index in [4.69, 9.17) is 0 Å². The molecule has 0 bridgehead atoms. The molecular weight excluding hydrogens is 380 g/mol. The van der Waals surface area contributed by atoms with Gasteiger partial charge in [-0.25, -0.2) is 8.42 Å². The number of carbonyl (C=O) groups is 1. The summed E-state index contributed by atoms with van der Waals surface area (Å²) < 4.78 is 28.2. The van der Waals surface area contributed by atoms with Crippen molar-refractivity contribution in [1.29, 1.82) is 0 Å². The van der Waals surface area contributed by atoms with Crippen molar-refractivity contribution in [2.45, 2.75) is 17.4 Å². The van der Waals surface area contributed by atoms with E-state index in [0.29, 0.717) is 0 Å². The van der Waals surface area contributed by atoms with Gasteiger partial charge in [-0.3, -0.25) is 4.79 Å². The third kappa shape index (κ3) is 4.89. The van der Waals surface area contributed by atoms with E-state index in [-0.39, 0.29) is 17.2 Å². The van der Waals surface area contributed by atoms with Gasteiger partial charge in [0, 0.05) is 11.5 Å². The van der Waals surface area contributed by atoms with Crippen LogP contribution in [0.4, 0.5) is 0 Å². The van der Waals surface area contributed by atoms with Gasteiger partial charge in [0.25, 0.3) is 0 Å². The normalized spacial score (nSPS) is 12.6. The average Bonchev–Trinajstić information content (AvgIpc) is 2.54. The first-order valence-corrected chi connectivity index (χ1v) is 9.23. The molecule has 23 heavy (non-hydrogen) atoms. The summed E-state index contributed by atoms with van der Waals surface area (Å²) in [7, 11) is -2.30. The van der Waals surface area contributed by atoms with Gasteiger partial charge in [-0.15, -0.1) is 0 Å². The number of hydrogen-bond acceptors (Lipinski definition) is 3. The molecule has 2 aromatic rings. The average molecular weight is 397 g/mol. The lowest BCUT2D eigenvalue weighted by molar-refractivity contribution is -0.122. The third-order valence-corrected chi connectivity index (χ3v) is 5.28. The molecule has 2 N–H and O–H groups in total. The Labute approximate surface area is 144 Å². The number of sulfonamides is 1. The lowest BCUT2D eigenvalue weighted by Gasteiger charge is -2.17. The summed E-state index contributed by atoms with van der Waals surface area (Å²) in [5.41, 5.74) is 0.875. The van der Waals surface area contributed by atoms with Crippen LogP contribution in [0.15, 0.2) is 64.0 Å². The first kappa shape index (κ1) is 17.7. The molecule has 0 saturated heterocycles. The number of rotatable bonds is 6. The van der Waals surface area contributed by atoms with Crippen molar-refractivity contribution >= 4 is 31.9 Å². The Hall–Kier alpha value is -1.70. The van der Waals surface area contributed by atoms with Gasteiger partial charge in [-0.1, -0.05) is 46.3 Å². The zero-order valence-electron chi connectivity index (χ0n) is 12.5. The van der Waals surface area contributed by atoms with Crippen LogP contribution in [0.2, 0.25) is 0 Å².